The molecule has 0 aliphatic rings. The van der Waals surface area contributed by atoms with Crippen LogP contribution in [0.3, 0.4) is 0 Å². The molecule has 7 nitrogen and oxygen atoms in total. The van der Waals surface area contributed by atoms with E-state index in [1.165, 1.54) is 4.68 Å². The van der Waals surface area contributed by atoms with Gasteiger partial charge in [-0.3, -0.25) is 0 Å². The summed E-state index contributed by atoms with van der Waals surface area (Å²) in [6, 6.07) is 7.38. The third-order valence-electron chi connectivity index (χ3n) is 4.14. The van der Waals surface area contributed by atoms with E-state index in [4.69, 9.17) is 32.5 Å². The van der Waals surface area contributed by atoms with Crippen LogP contribution in [0.4, 0.5) is 0 Å². The lowest BCUT2D eigenvalue weighted by atomic mass is 10.2. The highest BCUT2D eigenvalue weighted by atomic mass is 35.5. The summed E-state index contributed by atoms with van der Waals surface area (Å²) in [6.45, 7) is 5.72. The number of carbonyl (C=O) groups excluding carboxylic acids is 1. The van der Waals surface area contributed by atoms with Crippen molar-refractivity contribution >= 4 is 29.2 Å². The number of hydrogen-bond acceptors (Lipinski definition) is 6. The molecule has 1 atom stereocenters. The van der Waals surface area contributed by atoms with Gasteiger partial charge in [0.2, 0.25) is 0 Å². The fourth-order valence-electron chi connectivity index (χ4n) is 2.71. The van der Waals surface area contributed by atoms with Gasteiger partial charge in [0.15, 0.2) is 11.9 Å². The van der Waals surface area contributed by atoms with Crippen LogP contribution < -0.4 is 0 Å². The van der Waals surface area contributed by atoms with Gasteiger partial charge in [-0.2, -0.15) is 10.1 Å². The molecule has 0 amide bonds. The number of rotatable bonds is 7. The SMILES string of the molecule is CCCc1noc(C(C)OC(=O)c2c(C)nn(Cc3ccccc3Cl)c2Cl)n1. The van der Waals surface area contributed by atoms with E-state index in [9.17, 15) is 4.79 Å². The Labute approximate surface area is 172 Å². The van der Waals surface area contributed by atoms with Gasteiger partial charge in [-0.15, -0.1) is 0 Å². The molecule has 0 saturated carbocycles. The van der Waals surface area contributed by atoms with Crippen molar-refractivity contribution < 1.29 is 14.1 Å². The van der Waals surface area contributed by atoms with Crippen LogP contribution >= 0.6 is 23.2 Å². The zero-order valence-corrected chi connectivity index (χ0v) is 17.3. The molecule has 1 aromatic carbocycles. The van der Waals surface area contributed by atoms with Crippen LogP contribution in [0.15, 0.2) is 28.8 Å². The Morgan fingerprint density at radius 2 is 2.07 bits per heavy atom. The average Bonchev–Trinajstić information content (AvgIpc) is 3.22. The van der Waals surface area contributed by atoms with Crippen molar-refractivity contribution in [3.8, 4) is 0 Å². The number of esters is 1. The van der Waals surface area contributed by atoms with E-state index >= 15 is 0 Å². The molecule has 0 aliphatic heterocycles. The minimum absolute atomic E-state index is 0.187. The molecule has 0 radical (unpaired) electrons. The molecule has 2 aromatic heterocycles. The molecule has 0 saturated heterocycles. The first-order valence-corrected chi connectivity index (χ1v) is 9.66. The topological polar surface area (TPSA) is 83.0 Å². The number of ether oxygens (including phenoxy) is 1. The van der Waals surface area contributed by atoms with Crippen LogP contribution in [0.1, 0.15) is 59.7 Å². The van der Waals surface area contributed by atoms with Crippen molar-refractivity contribution in [1.82, 2.24) is 19.9 Å². The molecule has 0 N–H and O–H groups in total. The number of aromatic nitrogens is 4. The number of nitrogens with zero attached hydrogens (tertiary/aromatic N) is 4. The normalized spacial score (nSPS) is 12.2. The van der Waals surface area contributed by atoms with Gasteiger partial charge in [-0.1, -0.05) is 53.5 Å². The molecule has 3 aromatic rings. The maximum absolute atomic E-state index is 12.7. The van der Waals surface area contributed by atoms with Crippen LogP contribution in [-0.4, -0.2) is 25.9 Å². The fourth-order valence-corrected chi connectivity index (χ4v) is 3.21. The van der Waals surface area contributed by atoms with Crippen molar-refractivity contribution in [1.29, 1.82) is 0 Å². The Morgan fingerprint density at radius 3 is 2.79 bits per heavy atom. The number of aryl methyl sites for hydroxylation is 2. The van der Waals surface area contributed by atoms with Crippen molar-refractivity contribution in [3.05, 3.63) is 63.0 Å². The number of hydrogen-bond donors (Lipinski definition) is 0. The third-order valence-corrected chi connectivity index (χ3v) is 4.89. The summed E-state index contributed by atoms with van der Waals surface area (Å²) in [7, 11) is 0. The molecule has 2 heterocycles. The maximum atomic E-state index is 12.7. The fraction of sp³-hybridized carbons (Fsp3) is 0.368. The van der Waals surface area contributed by atoms with Gasteiger partial charge in [0.25, 0.3) is 5.89 Å². The molecule has 0 spiro atoms. The summed E-state index contributed by atoms with van der Waals surface area (Å²) in [4.78, 5) is 16.9. The van der Waals surface area contributed by atoms with Gasteiger partial charge in [-0.25, -0.2) is 9.48 Å². The lowest BCUT2D eigenvalue weighted by Gasteiger charge is -2.09. The Morgan fingerprint density at radius 1 is 1.32 bits per heavy atom. The molecule has 0 aliphatic carbocycles. The van der Waals surface area contributed by atoms with Crippen molar-refractivity contribution in [2.75, 3.05) is 0 Å². The van der Waals surface area contributed by atoms with Crippen molar-refractivity contribution in [2.24, 2.45) is 0 Å². The van der Waals surface area contributed by atoms with E-state index in [1.807, 2.05) is 25.1 Å². The molecule has 9 heteroatoms. The molecule has 0 bridgehead atoms. The Balaban J connectivity index is 1.76. The van der Waals surface area contributed by atoms with Crippen molar-refractivity contribution in [3.63, 3.8) is 0 Å². The second-order valence-corrected chi connectivity index (χ2v) is 7.11. The largest absolute Gasteiger partial charge is 0.449 e. The summed E-state index contributed by atoms with van der Waals surface area (Å²) in [5.41, 5.74) is 1.51. The van der Waals surface area contributed by atoms with E-state index < -0.39 is 12.1 Å². The first kappa shape index (κ1) is 20.4. The molecule has 1 unspecified atom stereocenters. The van der Waals surface area contributed by atoms with E-state index in [0.29, 0.717) is 29.5 Å². The number of carbonyl (C=O) groups is 1. The van der Waals surface area contributed by atoms with Crippen LogP contribution in [0.5, 0.6) is 0 Å². The van der Waals surface area contributed by atoms with Gasteiger partial charge in [0, 0.05) is 11.4 Å². The van der Waals surface area contributed by atoms with Gasteiger partial charge >= 0.3 is 5.97 Å². The lowest BCUT2D eigenvalue weighted by Crippen LogP contribution is -2.11. The quantitative estimate of drug-likeness (QED) is 0.508. The third kappa shape index (κ3) is 4.36. The Bertz CT molecular complexity index is 983. The molecule has 148 valence electrons. The van der Waals surface area contributed by atoms with E-state index in [1.54, 1.807) is 19.9 Å². The van der Waals surface area contributed by atoms with Gasteiger partial charge < -0.3 is 9.26 Å². The smallest absolute Gasteiger partial charge is 0.343 e. The molecular weight excluding hydrogens is 403 g/mol. The monoisotopic (exact) mass is 422 g/mol. The van der Waals surface area contributed by atoms with Crippen molar-refractivity contribution in [2.45, 2.75) is 46.3 Å². The van der Waals surface area contributed by atoms with Gasteiger partial charge in [-0.05, 0) is 31.9 Å². The zero-order chi connectivity index (χ0) is 20.3. The zero-order valence-electron chi connectivity index (χ0n) is 15.8. The average molecular weight is 423 g/mol. The van der Waals surface area contributed by atoms with Crippen LogP contribution in [0.25, 0.3) is 0 Å². The molecule has 0 fully saturated rings. The van der Waals surface area contributed by atoms with Gasteiger partial charge in [0.1, 0.15) is 10.7 Å². The highest BCUT2D eigenvalue weighted by Crippen LogP contribution is 2.26. The number of benzene rings is 1. The molecule has 3 rings (SSSR count). The number of halogens is 2. The Hall–Kier alpha value is -2.38. The standard InChI is InChI=1S/C19H20Cl2N4O3/c1-4-7-15-22-18(28-24-15)12(3)27-19(26)16-11(2)23-25(17(16)21)10-13-8-5-6-9-14(13)20/h5-6,8-9,12H,4,7,10H2,1-3H3. The highest BCUT2D eigenvalue weighted by Gasteiger charge is 2.26. The predicted molar refractivity (Wildman–Crippen MR) is 105 cm³/mol. The summed E-state index contributed by atoms with van der Waals surface area (Å²) in [5.74, 6) is 0.229. The summed E-state index contributed by atoms with van der Waals surface area (Å²) < 4.78 is 12.1. The minimum atomic E-state index is -0.701. The Kier molecular flexibility index (Phi) is 6.36. The van der Waals surface area contributed by atoms with E-state index in [-0.39, 0.29) is 16.6 Å². The molecule has 28 heavy (non-hydrogen) atoms. The predicted octanol–water partition coefficient (Wildman–Crippen LogP) is 4.80. The minimum Gasteiger partial charge on any atom is -0.449 e. The summed E-state index contributed by atoms with van der Waals surface area (Å²) in [6.07, 6.45) is 0.893. The summed E-state index contributed by atoms with van der Waals surface area (Å²) >= 11 is 12.6. The van der Waals surface area contributed by atoms with Crippen LogP contribution in [-0.2, 0) is 17.7 Å². The maximum Gasteiger partial charge on any atom is 0.343 e. The first-order chi connectivity index (χ1) is 13.4. The van der Waals surface area contributed by atoms with E-state index in [2.05, 4.69) is 15.2 Å². The highest BCUT2D eigenvalue weighted by molar-refractivity contribution is 6.33. The first-order valence-electron chi connectivity index (χ1n) is 8.90. The van der Waals surface area contributed by atoms with Crippen LogP contribution in [0.2, 0.25) is 10.2 Å². The van der Waals surface area contributed by atoms with Gasteiger partial charge in [0.05, 0.1) is 12.2 Å². The second-order valence-electron chi connectivity index (χ2n) is 6.35. The summed E-state index contributed by atoms with van der Waals surface area (Å²) in [5, 5.41) is 9.01. The second kappa shape index (κ2) is 8.75. The van der Waals surface area contributed by atoms with E-state index in [0.717, 1.165) is 12.0 Å². The van der Waals surface area contributed by atoms with Crippen LogP contribution in [0, 0.1) is 6.92 Å². The lowest BCUT2D eigenvalue weighted by molar-refractivity contribution is 0.0264. The molecular formula is C19H20Cl2N4O3.